The normalized spacial score (nSPS) is 17.8. The van der Waals surface area contributed by atoms with Crippen molar-refractivity contribution < 1.29 is 23.2 Å². The average molecular weight is 301 g/mol. The zero-order valence-electron chi connectivity index (χ0n) is 11.0. The number of hydrogen-bond acceptors (Lipinski definition) is 3. The minimum atomic E-state index is -1.41. The molecular weight excluding hydrogens is 287 g/mol. The van der Waals surface area contributed by atoms with Gasteiger partial charge in [-0.15, -0.1) is 0 Å². The molecule has 1 saturated carbocycles. The first-order valence-electron chi connectivity index (χ1n) is 6.35. The van der Waals surface area contributed by atoms with Crippen LogP contribution in [0, 0.1) is 22.9 Å². The van der Waals surface area contributed by atoms with Crippen molar-refractivity contribution in [3.05, 3.63) is 29.6 Å². The second-order valence-corrected chi connectivity index (χ2v) is 4.98. The summed E-state index contributed by atoms with van der Waals surface area (Å²) >= 11 is 0. The minimum absolute atomic E-state index is 0.296. The van der Waals surface area contributed by atoms with Gasteiger partial charge in [-0.1, -0.05) is 18.0 Å². The van der Waals surface area contributed by atoms with E-state index in [4.69, 9.17) is 10.9 Å². The van der Waals surface area contributed by atoms with Gasteiger partial charge in [0.2, 0.25) is 5.91 Å². The summed E-state index contributed by atoms with van der Waals surface area (Å²) in [5.74, 6) is -4.84. The van der Waals surface area contributed by atoms with Gasteiger partial charge in [-0.3, -0.25) is 4.79 Å². The molecule has 2 rings (SSSR count). The Bertz CT molecular complexity index is 599. The Labute approximate surface area is 118 Å². The number of carbonyl (C=O) groups excluding carboxylic acids is 1. The maximum absolute atomic E-state index is 13.6. The smallest absolute Gasteiger partial charge is 0.238 e. The maximum Gasteiger partial charge on any atom is 0.238 e. The van der Waals surface area contributed by atoms with Crippen molar-refractivity contribution in [1.29, 1.82) is 0 Å². The predicted octanol–water partition coefficient (Wildman–Crippen LogP) is 2.35. The molecule has 0 bridgehead atoms. The van der Waals surface area contributed by atoms with Crippen molar-refractivity contribution >= 4 is 17.4 Å². The molecule has 1 aromatic rings. The highest BCUT2D eigenvalue weighted by molar-refractivity contribution is 6.12. The number of oxime groups is 1. The molecule has 0 aliphatic heterocycles. The Morgan fingerprint density at radius 3 is 2.48 bits per heavy atom. The third-order valence-electron chi connectivity index (χ3n) is 3.73. The average Bonchev–Trinajstić information content (AvgIpc) is 2.94. The largest absolute Gasteiger partial charge is 0.409 e. The van der Waals surface area contributed by atoms with Crippen LogP contribution in [0.15, 0.2) is 17.3 Å². The Balaban J connectivity index is 2.33. The third-order valence-corrected chi connectivity index (χ3v) is 3.73. The lowest BCUT2D eigenvalue weighted by Gasteiger charge is -2.26. The first-order valence-corrected chi connectivity index (χ1v) is 6.35. The summed E-state index contributed by atoms with van der Waals surface area (Å²) in [5, 5.41) is 13.8. The number of nitrogens with one attached hydrogen (secondary N) is 1. The number of anilines is 1. The van der Waals surface area contributed by atoms with Gasteiger partial charge in [0.1, 0.15) is 11.2 Å². The van der Waals surface area contributed by atoms with Crippen LogP contribution >= 0.6 is 0 Å². The molecule has 1 aliphatic rings. The SMILES string of the molecule is NC(=NO)C1(C(=O)Nc2cc(F)cc(F)c2F)CCCC1. The number of nitrogens with zero attached hydrogens (tertiary/aromatic N) is 1. The summed E-state index contributed by atoms with van der Waals surface area (Å²) in [6.07, 6.45) is 1.97. The highest BCUT2D eigenvalue weighted by Gasteiger charge is 2.45. The number of nitrogens with two attached hydrogens (primary N) is 1. The number of carbonyl (C=O) groups is 1. The van der Waals surface area contributed by atoms with Crippen molar-refractivity contribution in [3.63, 3.8) is 0 Å². The fourth-order valence-electron chi connectivity index (χ4n) is 2.56. The van der Waals surface area contributed by atoms with Crippen LogP contribution in [-0.4, -0.2) is 17.0 Å². The molecule has 0 saturated heterocycles. The summed E-state index contributed by atoms with van der Waals surface area (Å²) in [5.41, 5.74) is 3.66. The summed E-state index contributed by atoms with van der Waals surface area (Å²) in [6, 6.07) is 1.05. The molecular formula is C13H14F3N3O2. The van der Waals surface area contributed by atoms with E-state index in [1.54, 1.807) is 0 Å². The molecule has 1 amide bonds. The molecule has 1 aromatic carbocycles. The highest BCUT2D eigenvalue weighted by Crippen LogP contribution is 2.39. The van der Waals surface area contributed by atoms with E-state index in [9.17, 15) is 18.0 Å². The van der Waals surface area contributed by atoms with Gasteiger partial charge < -0.3 is 16.3 Å². The molecule has 0 unspecified atom stereocenters. The molecule has 21 heavy (non-hydrogen) atoms. The van der Waals surface area contributed by atoms with Gasteiger partial charge in [0.05, 0.1) is 5.69 Å². The van der Waals surface area contributed by atoms with E-state index in [0.29, 0.717) is 37.8 Å². The summed E-state index contributed by atoms with van der Waals surface area (Å²) in [6.45, 7) is 0. The second kappa shape index (κ2) is 5.63. The Kier molecular flexibility index (Phi) is 4.06. The third kappa shape index (κ3) is 2.65. The van der Waals surface area contributed by atoms with E-state index in [0.717, 1.165) is 0 Å². The second-order valence-electron chi connectivity index (χ2n) is 4.98. The Hall–Kier alpha value is -2.25. The van der Waals surface area contributed by atoms with Gasteiger partial charge >= 0.3 is 0 Å². The van der Waals surface area contributed by atoms with Gasteiger partial charge in [0.15, 0.2) is 17.5 Å². The Morgan fingerprint density at radius 2 is 1.90 bits per heavy atom. The van der Waals surface area contributed by atoms with Crippen LogP contribution in [-0.2, 0) is 4.79 Å². The fraction of sp³-hybridized carbons (Fsp3) is 0.385. The molecule has 1 aliphatic carbocycles. The highest BCUT2D eigenvalue weighted by atomic mass is 19.2. The molecule has 0 heterocycles. The molecule has 114 valence electrons. The van der Waals surface area contributed by atoms with E-state index in [2.05, 4.69) is 10.5 Å². The van der Waals surface area contributed by atoms with Crippen LogP contribution in [0.3, 0.4) is 0 Å². The summed E-state index contributed by atoms with van der Waals surface area (Å²) in [4.78, 5) is 12.3. The van der Waals surface area contributed by atoms with Crippen LogP contribution in [0.1, 0.15) is 25.7 Å². The maximum atomic E-state index is 13.6. The lowest BCUT2D eigenvalue weighted by Crippen LogP contribution is -2.45. The van der Waals surface area contributed by atoms with E-state index < -0.39 is 34.5 Å². The van der Waals surface area contributed by atoms with Crippen molar-refractivity contribution in [2.45, 2.75) is 25.7 Å². The fourth-order valence-corrected chi connectivity index (χ4v) is 2.56. The van der Waals surface area contributed by atoms with Crippen molar-refractivity contribution in [2.75, 3.05) is 5.32 Å². The number of amidine groups is 1. The molecule has 0 spiro atoms. The van der Waals surface area contributed by atoms with Gasteiger partial charge in [-0.2, -0.15) is 0 Å². The van der Waals surface area contributed by atoms with Crippen molar-refractivity contribution in [1.82, 2.24) is 0 Å². The number of hydrogen-bond donors (Lipinski definition) is 3. The molecule has 5 nitrogen and oxygen atoms in total. The molecule has 0 aromatic heterocycles. The van der Waals surface area contributed by atoms with E-state index in [1.807, 2.05) is 0 Å². The van der Waals surface area contributed by atoms with Gasteiger partial charge in [0.25, 0.3) is 0 Å². The zero-order chi connectivity index (χ0) is 15.6. The molecule has 0 radical (unpaired) electrons. The lowest BCUT2D eigenvalue weighted by atomic mass is 9.83. The van der Waals surface area contributed by atoms with Crippen LogP contribution in [0.2, 0.25) is 0 Å². The minimum Gasteiger partial charge on any atom is -0.409 e. The standard InChI is InChI=1S/C13H14F3N3O2/c14-7-5-8(15)10(16)9(6-7)18-12(20)13(11(17)19-21)3-1-2-4-13/h5-6,21H,1-4H2,(H2,17,19)(H,18,20). The quantitative estimate of drug-likeness (QED) is 0.263. The number of amides is 1. The van der Waals surface area contributed by atoms with E-state index in [1.165, 1.54) is 0 Å². The van der Waals surface area contributed by atoms with Crippen molar-refractivity contribution in [3.8, 4) is 0 Å². The number of benzene rings is 1. The molecule has 8 heteroatoms. The monoisotopic (exact) mass is 301 g/mol. The number of halogens is 3. The first-order chi connectivity index (χ1) is 9.90. The van der Waals surface area contributed by atoms with Crippen LogP contribution in [0.4, 0.5) is 18.9 Å². The zero-order valence-corrected chi connectivity index (χ0v) is 11.0. The summed E-state index contributed by atoms with van der Waals surface area (Å²) < 4.78 is 39.8. The van der Waals surface area contributed by atoms with Gasteiger partial charge in [0, 0.05) is 12.1 Å². The van der Waals surface area contributed by atoms with Gasteiger partial charge in [-0.25, -0.2) is 13.2 Å². The van der Waals surface area contributed by atoms with E-state index in [-0.39, 0.29) is 5.84 Å². The van der Waals surface area contributed by atoms with Gasteiger partial charge in [-0.05, 0) is 12.8 Å². The van der Waals surface area contributed by atoms with Crippen molar-refractivity contribution in [2.24, 2.45) is 16.3 Å². The lowest BCUT2D eigenvalue weighted by molar-refractivity contribution is -0.122. The molecule has 4 N–H and O–H groups in total. The predicted molar refractivity (Wildman–Crippen MR) is 69.3 cm³/mol. The summed E-state index contributed by atoms with van der Waals surface area (Å²) in [7, 11) is 0. The first kappa shape index (κ1) is 15.1. The van der Waals surface area contributed by atoms with E-state index >= 15 is 0 Å². The van der Waals surface area contributed by atoms with Crippen LogP contribution in [0.25, 0.3) is 0 Å². The van der Waals surface area contributed by atoms with Crippen LogP contribution < -0.4 is 11.1 Å². The topological polar surface area (TPSA) is 87.7 Å². The Morgan fingerprint density at radius 1 is 1.29 bits per heavy atom. The van der Waals surface area contributed by atoms with Crippen LogP contribution in [0.5, 0.6) is 0 Å². The number of rotatable bonds is 3. The molecule has 1 fully saturated rings. The molecule has 0 atom stereocenters.